The van der Waals surface area contributed by atoms with E-state index in [0.29, 0.717) is 11.7 Å². The van der Waals surface area contributed by atoms with Crippen LogP contribution in [0.3, 0.4) is 0 Å². The molecule has 23 heavy (non-hydrogen) atoms. The molecule has 2 amide bonds. The van der Waals surface area contributed by atoms with Crippen LogP contribution in [0.25, 0.3) is 11.3 Å². The van der Waals surface area contributed by atoms with Crippen LogP contribution in [-0.4, -0.2) is 16.0 Å². The predicted molar refractivity (Wildman–Crippen MR) is 89.4 cm³/mol. The van der Waals surface area contributed by atoms with Crippen molar-refractivity contribution in [2.24, 2.45) is 0 Å². The van der Waals surface area contributed by atoms with Crippen molar-refractivity contribution in [3.05, 3.63) is 53.0 Å². The highest BCUT2D eigenvalue weighted by atomic mass is 32.1. The topological polar surface area (TPSA) is 80.0 Å². The first-order valence-corrected chi connectivity index (χ1v) is 7.90. The first-order chi connectivity index (χ1) is 11.1. The Morgan fingerprint density at radius 1 is 1.35 bits per heavy atom. The van der Waals surface area contributed by atoms with Crippen LogP contribution < -0.4 is 10.6 Å². The Balaban J connectivity index is 1.59. The Morgan fingerprint density at radius 2 is 2.22 bits per heavy atom. The fourth-order valence-corrected chi connectivity index (χ4v) is 2.82. The summed E-state index contributed by atoms with van der Waals surface area (Å²) in [5, 5.41) is 6.13. The molecule has 0 saturated carbocycles. The summed E-state index contributed by atoms with van der Waals surface area (Å²) in [7, 11) is 0. The van der Waals surface area contributed by atoms with Gasteiger partial charge in [-0.25, -0.2) is 9.78 Å². The number of pyridine rings is 1. The second kappa shape index (κ2) is 6.62. The number of thiazole rings is 1. The predicted octanol–water partition coefficient (Wildman–Crippen LogP) is 3.74. The highest BCUT2D eigenvalue weighted by Gasteiger charge is 2.08. The van der Waals surface area contributed by atoms with E-state index in [4.69, 9.17) is 4.42 Å². The molecule has 3 aromatic heterocycles. The molecule has 0 fully saturated rings. The number of nitrogens with zero attached hydrogens (tertiary/aromatic N) is 2. The normalized spacial score (nSPS) is 10.5. The van der Waals surface area contributed by atoms with Crippen molar-refractivity contribution in [1.29, 1.82) is 0 Å². The van der Waals surface area contributed by atoms with E-state index >= 15 is 0 Å². The van der Waals surface area contributed by atoms with Crippen molar-refractivity contribution < 1.29 is 9.21 Å². The maximum atomic E-state index is 11.9. The quantitative estimate of drug-likeness (QED) is 0.764. The van der Waals surface area contributed by atoms with Gasteiger partial charge in [-0.3, -0.25) is 10.3 Å². The highest BCUT2D eigenvalue weighted by Crippen LogP contribution is 2.21. The summed E-state index contributed by atoms with van der Waals surface area (Å²) >= 11 is 1.46. The highest BCUT2D eigenvalue weighted by molar-refractivity contribution is 7.15. The Hall–Kier alpha value is -2.67. The van der Waals surface area contributed by atoms with E-state index in [0.717, 1.165) is 27.5 Å². The third-order valence-electron chi connectivity index (χ3n) is 3.30. The van der Waals surface area contributed by atoms with Crippen LogP contribution in [0, 0.1) is 13.8 Å². The number of aromatic nitrogens is 2. The molecular formula is C16H16N4O2S. The first kappa shape index (κ1) is 15.2. The van der Waals surface area contributed by atoms with Gasteiger partial charge in [-0.05, 0) is 37.6 Å². The second-order valence-electron chi connectivity index (χ2n) is 5.03. The first-order valence-electron chi connectivity index (χ1n) is 7.08. The van der Waals surface area contributed by atoms with Crippen molar-refractivity contribution in [2.75, 3.05) is 5.32 Å². The molecule has 118 valence electrons. The lowest BCUT2D eigenvalue weighted by Crippen LogP contribution is -2.28. The largest absolute Gasteiger partial charge is 0.464 e. The van der Waals surface area contributed by atoms with Gasteiger partial charge in [-0.15, -0.1) is 11.3 Å². The Labute approximate surface area is 137 Å². The molecule has 0 aliphatic rings. The van der Waals surface area contributed by atoms with Crippen LogP contribution in [0.4, 0.5) is 9.93 Å². The Bertz CT molecular complexity index is 792. The summed E-state index contributed by atoms with van der Waals surface area (Å²) in [5.41, 5.74) is 2.70. The molecule has 3 aromatic rings. The monoisotopic (exact) mass is 328 g/mol. The Morgan fingerprint density at radius 3 is 2.91 bits per heavy atom. The number of amides is 2. The Kier molecular flexibility index (Phi) is 4.38. The van der Waals surface area contributed by atoms with Crippen molar-refractivity contribution in [3.63, 3.8) is 0 Å². The molecule has 0 aromatic carbocycles. The van der Waals surface area contributed by atoms with Gasteiger partial charge in [0.25, 0.3) is 0 Å². The molecule has 2 N–H and O–H groups in total. The van der Waals surface area contributed by atoms with Crippen LogP contribution in [0.15, 0.2) is 41.3 Å². The van der Waals surface area contributed by atoms with Gasteiger partial charge in [0.15, 0.2) is 5.13 Å². The van der Waals surface area contributed by atoms with Gasteiger partial charge in [0.2, 0.25) is 0 Å². The maximum Gasteiger partial charge on any atom is 0.321 e. The summed E-state index contributed by atoms with van der Waals surface area (Å²) in [6.07, 6.45) is 5.06. The van der Waals surface area contributed by atoms with Gasteiger partial charge in [-0.1, -0.05) is 0 Å². The number of carbonyl (C=O) groups is 1. The number of nitrogens with one attached hydrogen (secondary N) is 2. The number of urea groups is 1. The number of rotatable bonds is 4. The van der Waals surface area contributed by atoms with Crippen molar-refractivity contribution in [3.8, 4) is 11.3 Å². The van der Waals surface area contributed by atoms with Crippen LogP contribution >= 0.6 is 11.3 Å². The second-order valence-corrected chi connectivity index (χ2v) is 6.23. The van der Waals surface area contributed by atoms with Crippen LogP contribution in [0.2, 0.25) is 0 Å². The van der Waals surface area contributed by atoms with Gasteiger partial charge >= 0.3 is 6.03 Å². The summed E-state index contributed by atoms with van der Waals surface area (Å²) < 4.78 is 5.35. The third-order valence-corrected chi connectivity index (χ3v) is 4.29. The van der Waals surface area contributed by atoms with E-state index < -0.39 is 0 Å². The molecule has 0 spiro atoms. The van der Waals surface area contributed by atoms with Gasteiger partial charge in [0.1, 0.15) is 5.76 Å². The van der Waals surface area contributed by atoms with Gasteiger partial charge in [-0.2, -0.15) is 0 Å². The molecule has 3 rings (SSSR count). The zero-order chi connectivity index (χ0) is 16.2. The standard InChI is InChI=1S/C16H16N4O2S/c1-10-11(2)23-16(19-10)20-15(21)18-8-12-6-13(9-17-7-12)14-4-3-5-22-14/h3-7,9H,8H2,1-2H3,(H2,18,19,20,21). The maximum absolute atomic E-state index is 11.9. The molecule has 0 atom stereocenters. The van der Waals surface area contributed by atoms with E-state index in [-0.39, 0.29) is 6.03 Å². The summed E-state index contributed by atoms with van der Waals surface area (Å²) in [4.78, 5) is 21.5. The third kappa shape index (κ3) is 3.75. The van der Waals surface area contributed by atoms with Gasteiger partial charge < -0.3 is 9.73 Å². The molecular weight excluding hydrogens is 312 g/mol. The lowest BCUT2D eigenvalue weighted by molar-refractivity contribution is 0.251. The van der Waals surface area contributed by atoms with Gasteiger partial charge in [0.05, 0.1) is 12.0 Å². The lowest BCUT2D eigenvalue weighted by Gasteiger charge is -2.06. The average molecular weight is 328 g/mol. The minimum Gasteiger partial charge on any atom is -0.464 e. The fraction of sp³-hybridized carbons (Fsp3) is 0.188. The number of anilines is 1. The molecule has 0 unspecified atom stereocenters. The van der Waals surface area contributed by atoms with E-state index in [1.165, 1.54) is 11.3 Å². The summed E-state index contributed by atoms with van der Waals surface area (Å²) in [6, 6.07) is 5.34. The minimum atomic E-state index is -0.290. The molecule has 0 radical (unpaired) electrons. The number of carbonyl (C=O) groups excluding carboxylic acids is 1. The van der Waals surface area contributed by atoms with Crippen LogP contribution in [-0.2, 0) is 6.54 Å². The van der Waals surface area contributed by atoms with E-state index in [1.807, 2.05) is 32.0 Å². The van der Waals surface area contributed by atoms with Crippen molar-refractivity contribution in [2.45, 2.75) is 20.4 Å². The fourth-order valence-electron chi connectivity index (χ4n) is 2.01. The number of furan rings is 1. The number of aryl methyl sites for hydroxylation is 2. The SMILES string of the molecule is Cc1nc(NC(=O)NCc2cncc(-c3ccco3)c2)sc1C. The number of hydrogen-bond donors (Lipinski definition) is 2. The van der Waals surface area contributed by atoms with Crippen LogP contribution in [0.1, 0.15) is 16.1 Å². The van der Waals surface area contributed by atoms with E-state index in [2.05, 4.69) is 20.6 Å². The summed E-state index contributed by atoms with van der Waals surface area (Å²) in [6.45, 7) is 4.26. The molecule has 3 heterocycles. The number of hydrogen-bond acceptors (Lipinski definition) is 5. The van der Waals surface area contributed by atoms with Crippen molar-refractivity contribution >= 4 is 22.5 Å². The molecule has 0 aliphatic carbocycles. The zero-order valence-corrected chi connectivity index (χ0v) is 13.6. The smallest absolute Gasteiger partial charge is 0.321 e. The molecule has 0 saturated heterocycles. The van der Waals surface area contributed by atoms with Crippen LogP contribution in [0.5, 0.6) is 0 Å². The van der Waals surface area contributed by atoms with Crippen molar-refractivity contribution in [1.82, 2.24) is 15.3 Å². The minimum absolute atomic E-state index is 0.290. The zero-order valence-electron chi connectivity index (χ0n) is 12.8. The molecule has 7 heteroatoms. The van der Waals surface area contributed by atoms with E-state index in [9.17, 15) is 4.79 Å². The molecule has 0 aliphatic heterocycles. The van der Waals surface area contributed by atoms with Gasteiger partial charge in [0, 0.05) is 29.4 Å². The average Bonchev–Trinajstić information content (AvgIpc) is 3.16. The lowest BCUT2D eigenvalue weighted by atomic mass is 10.1. The molecule has 6 nitrogen and oxygen atoms in total. The summed E-state index contributed by atoms with van der Waals surface area (Å²) in [5.74, 6) is 0.748. The van der Waals surface area contributed by atoms with E-state index in [1.54, 1.807) is 18.7 Å². The molecule has 0 bridgehead atoms.